The lowest BCUT2D eigenvalue weighted by atomic mass is 10.1. The van der Waals surface area contributed by atoms with E-state index in [2.05, 4.69) is 5.32 Å². The van der Waals surface area contributed by atoms with Gasteiger partial charge in [-0.15, -0.1) is 0 Å². The van der Waals surface area contributed by atoms with Crippen molar-refractivity contribution in [3.8, 4) is 5.69 Å². The number of nitrogens with one attached hydrogen (secondary N) is 1. The van der Waals surface area contributed by atoms with Crippen molar-refractivity contribution in [3.05, 3.63) is 89.8 Å². The quantitative estimate of drug-likeness (QED) is 0.548. The Morgan fingerprint density at radius 2 is 1.38 bits per heavy atom. The summed E-state index contributed by atoms with van der Waals surface area (Å²) in [6.45, 7) is 0. The highest BCUT2D eigenvalue weighted by molar-refractivity contribution is 6.39. The molecule has 1 aliphatic rings. The normalized spacial score (nSPS) is 15.7. The van der Waals surface area contributed by atoms with Crippen molar-refractivity contribution >= 4 is 29.6 Å². The first-order chi connectivity index (χ1) is 13.9. The molecule has 0 saturated carbocycles. The summed E-state index contributed by atoms with van der Waals surface area (Å²) >= 11 is 0. The van der Waals surface area contributed by atoms with Gasteiger partial charge in [0.1, 0.15) is 17.2 Å². The Morgan fingerprint density at radius 1 is 0.793 bits per heavy atom. The molecule has 1 N–H and O–H groups in total. The Labute approximate surface area is 163 Å². The zero-order valence-electron chi connectivity index (χ0n) is 14.8. The molecule has 0 atom stereocenters. The van der Waals surface area contributed by atoms with Gasteiger partial charge in [0.25, 0.3) is 11.8 Å². The second kappa shape index (κ2) is 7.16. The van der Waals surface area contributed by atoms with Gasteiger partial charge in [0.2, 0.25) is 0 Å². The van der Waals surface area contributed by atoms with E-state index in [1.54, 1.807) is 35.0 Å². The molecule has 29 heavy (non-hydrogen) atoms. The van der Waals surface area contributed by atoms with Crippen LogP contribution in [-0.2, 0) is 9.59 Å². The number of nitrogens with zero attached hydrogens (tertiary/aromatic N) is 2. The van der Waals surface area contributed by atoms with Crippen molar-refractivity contribution < 1.29 is 23.2 Å². The summed E-state index contributed by atoms with van der Waals surface area (Å²) in [5, 5.41) is 2.11. The molecule has 144 valence electrons. The molecular weight excluding hydrogens is 380 g/mol. The van der Waals surface area contributed by atoms with Crippen LogP contribution in [-0.4, -0.2) is 22.4 Å². The van der Waals surface area contributed by atoms with Crippen LogP contribution in [0.5, 0.6) is 0 Å². The lowest BCUT2D eigenvalue weighted by molar-refractivity contribution is -0.122. The summed E-state index contributed by atoms with van der Waals surface area (Å²) in [5.41, 5.74) is 0.958. The predicted molar refractivity (Wildman–Crippen MR) is 101 cm³/mol. The maximum absolute atomic E-state index is 13.2. The second-order valence-electron chi connectivity index (χ2n) is 6.21. The van der Waals surface area contributed by atoms with Crippen molar-refractivity contribution in [2.45, 2.75) is 0 Å². The molecule has 2 heterocycles. The molecule has 3 aromatic rings. The molecule has 0 aliphatic carbocycles. The monoisotopic (exact) mass is 393 g/mol. The average molecular weight is 393 g/mol. The van der Waals surface area contributed by atoms with E-state index in [-0.39, 0.29) is 11.3 Å². The molecule has 1 saturated heterocycles. The summed E-state index contributed by atoms with van der Waals surface area (Å²) in [5.74, 6) is -2.60. The van der Waals surface area contributed by atoms with Crippen molar-refractivity contribution in [1.82, 2.24) is 9.88 Å². The molecule has 8 heteroatoms. The summed E-state index contributed by atoms with van der Waals surface area (Å²) in [4.78, 5) is 38.1. The number of hydrogen-bond acceptors (Lipinski definition) is 3. The first-order valence-electron chi connectivity index (χ1n) is 8.54. The fraction of sp³-hybridized carbons (Fsp3) is 0. The minimum Gasteiger partial charge on any atom is -0.317 e. The number of benzene rings is 2. The van der Waals surface area contributed by atoms with Crippen LogP contribution >= 0.6 is 0 Å². The number of anilines is 1. The van der Waals surface area contributed by atoms with Crippen LogP contribution in [0.15, 0.2) is 72.4 Å². The van der Waals surface area contributed by atoms with Gasteiger partial charge in [0, 0.05) is 17.6 Å². The van der Waals surface area contributed by atoms with Gasteiger partial charge in [-0.25, -0.2) is 18.5 Å². The number of rotatable bonds is 3. The van der Waals surface area contributed by atoms with Crippen molar-refractivity contribution in [2.24, 2.45) is 0 Å². The van der Waals surface area contributed by atoms with E-state index >= 15 is 0 Å². The summed E-state index contributed by atoms with van der Waals surface area (Å²) in [6.07, 6.45) is 3.03. The van der Waals surface area contributed by atoms with E-state index in [0.29, 0.717) is 11.4 Å². The first kappa shape index (κ1) is 18.3. The smallest absolute Gasteiger partial charge is 0.317 e. The molecule has 0 unspecified atom stereocenters. The minimum atomic E-state index is -0.919. The fourth-order valence-corrected chi connectivity index (χ4v) is 2.98. The van der Waals surface area contributed by atoms with Crippen molar-refractivity contribution in [1.29, 1.82) is 0 Å². The van der Waals surface area contributed by atoms with Gasteiger partial charge >= 0.3 is 6.03 Å². The van der Waals surface area contributed by atoms with E-state index in [4.69, 9.17) is 0 Å². The molecule has 0 radical (unpaired) electrons. The summed E-state index contributed by atoms with van der Waals surface area (Å²) in [6, 6.07) is 12.9. The second-order valence-corrected chi connectivity index (χ2v) is 6.21. The van der Waals surface area contributed by atoms with E-state index < -0.39 is 29.5 Å². The van der Waals surface area contributed by atoms with Crippen LogP contribution in [0, 0.1) is 11.6 Å². The van der Waals surface area contributed by atoms with Crippen LogP contribution in [0.3, 0.4) is 0 Å². The van der Waals surface area contributed by atoms with Crippen LogP contribution in [0.2, 0.25) is 0 Å². The van der Waals surface area contributed by atoms with E-state index in [1.165, 1.54) is 30.3 Å². The SMILES string of the molecule is O=C1NC(=O)N(c2ccc(F)cc2)C(=O)/C1=C\c1cccn1-c1ccc(F)cc1. The number of halogens is 2. The lowest BCUT2D eigenvalue weighted by Crippen LogP contribution is -2.54. The van der Waals surface area contributed by atoms with Crippen molar-refractivity contribution in [2.75, 3.05) is 4.90 Å². The van der Waals surface area contributed by atoms with Gasteiger partial charge in [-0.3, -0.25) is 14.9 Å². The van der Waals surface area contributed by atoms with E-state index in [0.717, 1.165) is 17.0 Å². The third-order valence-corrected chi connectivity index (χ3v) is 4.36. The lowest BCUT2D eigenvalue weighted by Gasteiger charge is -2.26. The Morgan fingerprint density at radius 3 is 2.00 bits per heavy atom. The Bertz CT molecular complexity index is 1150. The van der Waals surface area contributed by atoms with Crippen molar-refractivity contribution in [3.63, 3.8) is 0 Å². The molecule has 0 bridgehead atoms. The largest absolute Gasteiger partial charge is 0.335 e. The third-order valence-electron chi connectivity index (χ3n) is 4.36. The zero-order valence-corrected chi connectivity index (χ0v) is 14.8. The Balaban J connectivity index is 1.73. The van der Waals surface area contributed by atoms with Gasteiger partial charge < -0.3 is 4.57 Å². The van der Waals surface area contributed by atoms with E-state index in [9.17, 15) is 23.2 Å². The average Bonchev–Trinajstić information content (AvgIpc) is 3.15. The number of hydrogen-bond donors (Lipinski definition) is 1. The molecule has 1 aromatic heterocycles. The van der Waals surface area contributed by atoms with E-state index in [1.807, 2.05) is 0 Å². The fourth-order valence-electron chi connectivity index (χ4n) is 2.98. The van der Waals surface area contributed by atoms with Gasteiger partial charge in [-0.1, -0.05) is 0 Å². The standard InChI is InChI=1S/C21H13F2N3O3/c22-13-3-7-15(8-4-13)25-11-1-2-17(25)12-18-19(27)24-21(29)26(20(18)28)16-9-5-14(23)6-10-16/h1-12H,(H,24,27,29)/b18-12-. The van der Waals surface area contributed by atoms with Crippen LogP contribution < -0.4 is 10.2 Å². The highest BCUT2D eigenvalue weighted by Gasteiger charge is 2.37. The number of carbonyl (C=O) groups is 3. The van der Waals surface area contributed by atoms with Crippen LogP contribution in [0.25, 0.3) is 11.8 Å². The molecule has 4 amide bonds. The molecule has 4 rings (SSSR count). The molecule has 6 nitrogen and oxygen atoms in total. The maximum Gasteiger partial charge on any atom is 0.335 e. The predicted octanol–water partition coefficient (Wildman–Crippen LogP) is 3.42. The Kier molecular flexibility index (Phi) is 4.52. The number of urea groups is 1. The topological polar surface area (TPSA) is 71.4 Å². The number of aromatic nitrogens is 1. The highest BCUT2D eigenvalue weighted by atomic mass is 19.1. The molecule has 1 aliphatic heterocycles. The van der Waals surface area contributed by atoms with Crippen LogP contribution in [0.1, 0.15) is 5.69 Å². The minimum absolute atomic E-state index is 0.126. The van der Waals surface area contributed by atoms with Gasteiger partial charge in [0.15, 0.2) is 0 Å². The number of barbiturate groups is 1. The summed E-state index contributed by atoms with van der Waals surface area (Å²) in [7, 11) is 0. The maximum atomic E-state index is 13.2. The third kappa shape index (κ3) is 3.43. The first-order valence-corrected chi connectivity index (χ1v) is 8.54. The van der Waals surface area contributed by atoms with Gasteiger partial charge in [-0.05, 0) is 66.7 Å². The van der Waals surface area contributed by atoms with Gasteiger partial charge in [0.05, 0.1) is 5.69 Å². The Hall–Kier alpha value is -4.07. The molecule has 1 fully saturated rings. The highest BCUT2D eigenvalue weighted by Crippen LogP contribution is 2.23. The van der Waals surface area contributed by atoms with Gasteiger partial charge in [-0.2, -0.15) is 0 Å². The number of carbonyl (C=O) groups excluding carboxylic acids is 3. The molecule has 0 spiro atoms. The molecular formula is C21H13F2N3O3. The summed E-state index contributed by atoms with van der Waals surface area (Å²) < 4.78 is 28.0. The van der Waals surface area contributed by atoms with Crippen LogP contribution in [0.4, 0.5) is 19.3 Å². The molecule has 2 aromatic carbocycles. The zero-order chi connectivity index (χ0) is 20.5. The number of imide groups is 2. The number of amides is 4.